The van der Waals surface area contributed by atoms with Crippen LogP contribution in [-0.2, 0) is 6.54 Å². The van der Waals surface area contributed by atoms with E-state index in [1.165, 1.54) is 30.2 Å². The number of likely N-dealkylation sites (tertiary alicyclic amines) is 2. The molecule has 1 saturated carbocycles. The van der Waals surface area contributed by atoms with E-state index >= 15 is 4.39 Å². The standard InChI is InChI=1S/C28H31F5N8O4/c1-45-25-17(24(42)38-20-18(29)12-40(26(43)44)21(20)16-8-28(32,33)9-16)6-14(10-35-25)19-7-15(22-23(34)36-13-37-41(19)22)11-39-4-2-27(30,31)3-5-39/h6-7,10,13,16,18,20-21H,2-5,8-9,11-12H2,1H3,(H,38,42)(H,43,44)(H2,34,36,37)/t18-,20-,21?/m0/s1. The van der Waals surface area contributed by atoms with Crippen LogP contribution in [0.3, 0.4) is 0 Å². The first-order valence-electron chi connectivity index (χ1n) is 14.3. The molecule has 3 atom stereocenters. The predicted octanol–water partition coefficient (Wildman–Crippen LogP) is 3.46. The molecule has 242 valence electrons. The van der Waals surface area contributed by atoms with E-state index in [-0.39, 0.29) is 49.7 Å². The number of hydrogen-bond acceptors (Lipinski definition) is 8. The Bertz CT molecular complexity index is 1620. The highest BCUT2D eigenvalue weighted by Crippen LogP contribution is 2.48. The van der Waals surface area contributed by atoms with Crippen LogP contribution in [0.15, 0.2) is 24.7 Å². The molecule has 12 nitrogen and oxygen atoms in total. The van der Waals surface area contributed by atoms with Gasteiger partial charge in [-0.2, -0.15) is 5.10 Å². The lowest BCUT2D eigenvalue weighted by atomic mass is 9.74. The van der Waals surface area contributed by atoms with E-state index in [4.69, 9.17) is 10.5 Å². The Morgan fingerprint density at radius 3 is 2.49 bits per heavy atom. The van der Waals surface area contributed by atoms with E-state index in [2.05, 4.69) is 20.4 Å². The number of amides is 2. The van der Waals surface area contributed by atoms with E-state index in [1.807, 2.05) is 4.90 Å². The van der Waals surface area contributed by atoms with Gasteiger partial charge >= 0.3 is 6.09 Å². The Hall–Kier alpha value is -4.28. The average Bonchev–Trinajstić information content (AvgIpc) is 3.50. The first-order valence-corrected chi connectivity index (χ1v) is 14.3. The van der Waals surface area contributed by atoms with Crippen molar-refractivity contribution in [3.63, 3.8) is 0 Å². The van der Waals surface area contributed by atoms with Crippen molar-refractivity contribution in [3.05, 3.63) is 35.8 Å². The molecule has 2 saturated heterocycles. The number of alkyl halides is 5. The lowest BCUT2D eigenvalue weighted by Crippen LogP contribution is -2.56. The summed E-state index contributed by atoms with van der Waals surface area (Å²) in [5.74, 6) is -7.34. The summed E-state index contributed by atoms with van der Waals surface area (Å²) in [5, 5.41) is 16.4. The summed E-state index contributed by atoms with van der Waals surface area (Å²) >= 11 is 0. The molecule has 17 heteroatoms. The number of pyridine rings is 1. The number of anilines is 1. The molecule has 5 heterocycles. The number of ether oxygens (including phenoxy) is 1. The summed E-state index contributed by atoms with van der Waals surface area (Å²) in [6, 6.07) is 0.601. The third-order valence-corrected chi connectivity index (χ3v) is 8.86. The minimum absolute atomic E-state index is 0.115. The average molecular weight is 639 g/mol. The Morgan fingerprint density at radius 1 is 1.13 bits per heavy atom. The van der Waals surface area contributed by atoms with E-state index in [0.717, 1.165) is 4.90 Å². The monoisotopic (exact) mass is 638 g/mol. The maximum Gasteiger partial charge on any atom is 0.407 e. The zero-order valence-electron chi connectivity index (χ0n) is 24.1. The summed E-state index contributed by atoms with van der Waals surface area (Å²) in [7, 11) is 1.28. The van der Waals surface area contributed by atoms with E-state index in [0.29, 0.717) is 22.3 Å². The quantitative estimate of drug-likeness (QED) is 0.331. The molecule has 3 aromatic rings. The molecule has 1 aliphatic carbocycles. The largest absolute Gasteiger partial charge is 0.480 e. The van der Waals surface area contributed by atoms with Gasteiger partial charge in [-0.1, -0.05) is 0 Å². The van der Waals surface area contributed by atoms with Gasteiger partial charge in [-0.3, -0.25) is 14.6 Å². The van der Waals surface area contributed by atoms with Gasteiger partial charge in [0.15, 0.2) is 5.82 Å². The van der Waals surface area contributed by atoms with Crippen LogP contribution in [0.1, 0.15) is 41.6 Å². The van der Waals surface area contributed by atoms with Gasteiger partial charge in [-0.15, -0.1) is 0 Å². The molecule has 3 aromatic heterocycles. The van der Waals surface area contributed by atoms with Gasteiger partial charge in [0, 0.05) is 57.1 Å². The third kappa shape index (κ3) is 5.80. The summed E-state index contributed by atoms with van der Waals surface area (Å²) in [6.07, 6.45) is -2.42. The van der Waals surface area contributed by atoms with Crippen LogP contribution < -0.4 is 15.8 Å². The van der Waals surface area contributed by atoms with Crippen molar-refractivity contribution < 1.29 is 41.4 Å². The number of rotatable bonds is 7. The molecule has 0 aromatic carbocycles. The van der Waals surface area contributed by atoms with Crippen molar-refractivity contribution in [3.8, 4) is 17.1 Å². The lowest BCUT2D eigenvalue weighted by molar-refractivity contribution is -0.127. The number of halogens is 5. The number of nitrogens with zero attached hydrogens (tertiary/aromatic N) is 6. The fraction of sp³-hybridized carbons (Fsp3) is 0.536. The number of nitrogen functional groups attached to an aromatic ring is 1. The number of hydrogen-bond donors (Lipinski definition) is 3. The number of methoxy groups -OCH3 is 1. The molecule has 0 bridgehead atoms. The van der Waals surface area contributed by atoms with E-state index in [1.54, 1.807) is 6.07 Å². The number of nitrogens with one attached hydrogen (secondary N) is 1. The second kappa shape index (κ2) is 11.3. The van der Waals surface area contributed by atoms with Gasteiger partial charge in [0.1, 0.15) is 23.6 Å². The molecule has 0 spiro atoms. The van der Waals surface area contributed by atoms with Gasteiger partial charge in [0.2, 0.25) is 11.8 Å². The number of nitrogens with two attached hydrogens (primary N) is 1. The minimum Gasteiger partial charge on any atom is -0.480 e. The maximum atomic E-state index is 15.2. The Balaban J connectivity index is 1.31. The normalized spacial score (nSPS) is 24.8. The van der Waals surface area contributed by atoms with Crippen molar-refractivity contribution in [2.45, 2.75) is 62.3 Å². The van der Waals surface area contributed by atoms with Gasteiger partial charge in [-0.25, -0.2) is 41.2 Å². The van der Waals surface area contributed by atoms with Crippen LogP contribution in [0.2, 0.25) is 0 Å². The molecule has 1 unspecified atom stereocenters. The summed E-state index contributed by atoms with van der Waals surface area (Å²) in [5.41, 5.74) is 7.99. The third-order valence-electron chi connectivity index (χ3n) is 8.86. The second-order valence-corrected chi connectivity index (χ2v) is 11.8. The topological polar surface area (TPSA) is 151 Å². The van der Waals surface area contributed by atoms with Crippen molar-refractivity contribution >= 4 is 23.3 Å². The van der Waals surface area contributed by atoms with Crippen molar-refractivity contribution in [2.24, 2.45) is 5.92 Å². The number of aromatic nitrogens is 4. The zero-order valence-corrected chi connectivity index (χ0v) is 24.1. The number of carbonyl (C=O) groups excluding carboxylic acids is 1. The molecular formula is C28H31F5N8O4. The fourth-order valence-electron chi connectivity index (χ4n) is 6.61. The molecular weight excluding hydrogens is 607 g/mol. The molecule has 3 aliphatic rings. The highest BCUT2D eigenvalue weighted by Gasteiger charge is 2.57. The number of carbonyl (C=O) groups is 2. The van der Waals surface area contributed by atoms with Crippen LogP contribution in [0.25, 0.3) is 16.8 Å². The van der Waals surface area contributed by atoms with Gasteiger partial charge in [0.05, 0.1) is 31.4 Å². The van der Waals surface area contributed by atoms with Crippen LogP contribution in [0.5, 0.6) is 5.88 Å². The lowest BCUT2D eigenvalue weighted by Gasteiger charge is -2.43. The SMILES string of the molecule is COc1ncc(-c2cc(CN3CCC(F)(F)CC3)c3c(N)ncnn23)cc1C(=O)N[C@@H]1C(C2CC(F)(F)C2)N(C(=O)O)C[C@@H]1F. The predicted molar refractivity (Wildman–Crippen MR) is 149 cm³/mol. The van der Waals surface area contributed by atoms with Crippen molar-refractivity contribution in [1.29, 1.82) is 0 Å². The van der Waals surface area contributed by atoms with Crippen LogP contribution in [-0.4, -0.2) is 103 Å². The highest BCUT2D eigenvalue weighted by molar-refractivity contribution is 5.98. The van der Waals surface area contributed by atoms with E-state index < -0.39 is 67.4 Å². The molecule has 0 radical (unpaired) electrons. The molecule has 2 aliphatic heterocycles. The Kier molecular flexibility index (Phi) is 7.69. The minimum atomic E-state index is -2.98. The zero-order chi connectivity index (χ0) is 32.3. The van der Waals surface area contributed by atoms with Crippen molar-refractivity contribution in [1.82, 2.24) is 34.7 Å². The highest BCUT2D eigenvalue weighted by atomic mass is 19.3. The summed E-state index contributed by atoms with van der Waals surface area (Å²) in [6.45, 7) is 0.0703. The first-order chi connectivity index (χ1) is 21.3. The van der Waals surface area contributed by atoms with Crippen LogP contribution in [0.4, 0.5) is 32.6 Å². The van der Waals surface area contributed by atoms with Gasteiger partial charge in [0.25, 0.3) is 11.8 Å². The molecule has 45 heavy (non-hydrogen) atoms. The first kappa shape index (κ1) is 30.7. The number of carboxylic acid groups (broad SMARTS) is 1. The fourth-order valence-corrected chi connectivity index (χ4v) is 6.61. The molecule has 3 fully saturated rings. The number of fused-ring (bicyclic) bond motifs is 1. The van der Waals surface area contributed by atoms with Gasteiger partial charge < -0.3 is 20.9 Å². The molecule has 4 N–H and O–H groups in total. The van der Waals surface area contributed by atoms with Crippen LogP contribution >= 0.6 is 0 Å². The van der Waals surface area contributed by atoms with Crippen LogP contribution in [0, 0.1) is 5.92 Å². The van der Waals surface area contributed by atoms with Gasteiger partial charge in [-0.05, 0) is 23.6 Å². The van der Waals surface area contributed by atoms with Crippen molar-refractivity contribution in [2.75, 3.05) is 32.5 Å². The summed E-state index contributed by atoms with van der Waals surface area (Å²) in [4.78, 5) is 36.4. The Morgan fingerprint density at radius 2 is 1.84 bits per heavy atom. The maximum absolute atomic E-state index is 15.2. The van der Waals surface area contributed by atoms with E-state index in [9.17, 15) is 32.3 Å². The number of piperidine rings is 1. The summed E-state index contributed by atoms with van der Waals surface area (Å²) < 4.78 is 76.8. The smallest absolute Gasteiger partial charge is 0.407 e. The molecule has 2 amide bonds. The second-order valence-electron chi connectivity index (χ2n) is 11.8. The Labute approximate surface area is 253 Å². The molecule has 6 rings (SSSR count).